The van der Waals surface area contributed by atoms with E-state index in [-0.39, 0.29) is 11.9 Å². The Morgan fingerprint density at radius 3 is 1.26 bits per heavy atom. The fourth-order valence-corrected chi connectivity index (χ4v) is 3.42. The van der Waals surface area contributed by atoms with Crippen molar-refractivity contribution in [1.82, 2.24) is 0 Å². The van der Waals surface area contributed by atoms with Gasteiger partial charge in [-0.15, -0.1) is 0 Å². The number of carbonyl (C=O) groups is 2. The van der Waals surface area contributed by atoms with Crippen molar-refractivity contribution in [2.45, 2.75) is 90.9 Å². The first-order valence-electron chi connectivity index (χ1n) is 9.52. The van der Waals surface area contributed by atoms with Gasteiger partial charge in [0.2, 0.25) is 0 Å². The van der Waals surface area contributed by atoms with Gasteiger partial charge in [-0.3, -0.25) is 9.59 Å². The van der Waals surface area contributed by atoms with Crippen LogP contribution in [-0.4, -0.2) is 25.2 Å². The molecule has 1 rings (SSSR count). The topological polar surface area (TPSA) is 52.6 Å². The van der Waals surface area contributed by atoms with Crippen molar-refractivity contribution in [1.29, 1.82) is 0 Å². The van der Waals surface area contributed by atoms with E-state index in [9.17, 15) is 9.59 Å². The van der Waals surface area contributed by atoms with Gasteiger partial charge >= 0.3 is 11.9 Å². The highest BCUT2D eigenvalue weighted by Crippen LogP contribution is 2.35. The summed E-state index contributed by atoms with van der Waals surface area (Å²) >= 11 is 0. The largest absolute Gasteiger partial charge is 0.465 e. The molecule has 0 spiro atoms. The number of hydrogen-bond acceptors (Lipinski definition) is 4. The van der Waals surface area contributed by atoms with Gasteiger partial charge in [0.25, 0.3) is 0 Å². The van der Waals surface area contributed by atoms with Crippen LogP contribution in [0.4, 0.5) is 0 Å². The molecule has 0 aliphatic heterocycles. The van der Waals surface area contributed by atoms with E-state index >= 15 is 0 Å². The summed E-state index contributed by atoms with van der Waals surface area (Å²) in [5.41, 5.74) is -1.08. The van der Waals surface area contributed by atoms with Gasteiger partial charge in [-0.1, -0.05) is 64.2 Å². The van der Waals surface area contributed by atoms with Crippen LogP contribution in [0.5, 0.6) is 0 Å². The highest BCUT2D eigenvalue weighted by molar-refractivity contribution is 6.00. The van der Waals surface area contributed by atoms with Crippen LogP contribution in [-0.2, 0) is 19.1 Å². The molecule has 4 nitrogen and oxygen atoms in total. The molecule has 0 bridgehead atoms. The third-order valence-corrected chi connectivity index (χ3v) is 4.79. The minimum atomic E-state index is -1.08. The minimum Gasteiger partial charge on any atom is -0.465 e. The normalized spacial score (nSPS) is 20.4. The Hall–Kier alpha value is -1.06. The van der Waals surface area contributed by atoms with Gasteiger partial charge in [0, 0.05) is 0 Å². The molecule has 0 aromatic carbocycles. The molecule has 0 amide bonds. The Balaban J connectivity index is 2.87. The minimum absolute atomic E-state index is 0.306. The molecule has 1 aliphatic carbocycles. The van der Waals surface area contributed by atoms with Crippen molar-refractivity contribution in [2.75, 3.05) is 13.2 Å². The zero-order valence-electron chi connectivity index (χ0n) is 15.0. The smallest absolute Gasteiger partial charge is 0.323 e. The fourth-order valence-electron chi connectivity index (χ4n) is 3.42. The SMILES string of the molecule is CCOC(=O)C1(C(=O)OCC)CCCCCCCCCCCC1. The second-order valence-electron chi connectivity index (χ2n) is 6.56. The molecule has 0 aromatic heterocycles. The van der Waals surface area contributed by atoms with Gasteiger partial charge in [-0.25, -0.2) is 0 Å². The lowest BCUT2D eigenvalue weighted by atomic mass is 9.77. The lowest BCUT2D eigenvalue weighted by Gasteiger charge is -2.29. The molecule has 4 heteroatoms. The molecule has 0 N–H and O–H groups in total. The molecule has 0 aromatic rings. The van der Waals surface area contributed by atoms with Crippen LogP contribution in [0.1, 0.15) is 90.9 Å². The van der Waals surface area contributed by atoms with E-state index in [2.05, 4.69) is 0 Å². The zero-order chi connectivity index (χ0) is 17.0. The van der Waals surface area contributed by atoms with Gasteiger partial charge in [0.1, 0.15) is 0 Å². The van der Waals surface area contributed by atoms with Crippen LogP contribution >= 0.6 is 0 Å². The maximum Gasteiger partial charge on any atom is 0.323 e. The van der Waals surface area contributed by atoms with Gasteiger partial charge in [-0.05, 0) is 26.7 Å². The molecule has 1 saturated carbocycles. The van der Waals surface area contributed by atoms with Crippen molar-refractivity contribution >= 4 is 11.9 Å². The second kappa shape index (κ2) is 11.5. The molecule has 23 heavy (non-hydrogen) atoms. The van der Waals surface area contributed by atoms with E-state index in [0.29, 0.717) is 26.1 Å². The summed E-state index contributed by atoms with van der Waals surface area (Å²) in [7, 11) is 0. The second-order valence-corrected chi connectivity index (χ2v) is 6.56. The summed E-state index contributed by atoms with van der Waals surface area (Å²) in [6.45, 7) is 4.19. The quantitative estimate of drug-likeness (QED) is 0.550. The lowest BCUT2D eigenvalue weighted by molar-refractivity contribution is -0.173. The van der Waals surface area contributed by atoms with Crippen LogP contribution in [0.25, 0.3) is 0 Å². The van der Waals surface area contributed by atoms with E-state index in [4.69, 9.17) is 9.47 Å². The molecule has 134 valence electrons. The van der Waals surface area contributed by atoms with Crippen molar-refractivity contribution in [3.8, 4) is 0 Å². The predicted molar refractivity (Wildman–Crippen MR) is 91.1 cm³/mol. The lowest BCUT2D eigenvalue weighted by Crippen LogP contribution is -2.42. The number of hydrogen-bond donors (Lipinski definition) is 0. The Labute approximate surface area is 141 Å². The van der Waals surface area contributed by atoms with Crippen LogP contribution in [0.15, 0.2) is 0 Å². The molecule has 1 aliphatic rings. The van der Waals surface area contributed by atoms with E-state index in [1.165, 1.54) is 38.5 Å². The number of rotatable bonds is 4. The van der Waals surface area contributed by atoms with Crippen LogP contribution in [0.3, 0.4) is 0 Å². The Morgan fingerprint density at radius 2 is 0.957 bits per heavy atom. The summed E-state index contributed by atoms with van der Waals surface area (Å²) in [6, 6.07) is 0. The number of esters is 2. The monoisotopic (exact) mass is 326 g/mol. The predicted octanol–water partition coefficient (Wildman–Crippen LogP) is 4.79. The summed E-state index contributed by atoms with van der Waals surface area (Å²) < 4.78 is 10.5. The molecule has 0 atom stereocenters. The van der Waals surface area contributed by atoms with E-state index in [1.54, 1.807) is 13.8 Å². The first kappa shape index (κ1) is 20.0. The molecule has 0 saturated heterocycles. The molecule has 0 unspecified atom stereocenters. The highest BCUT2D eigenvalue weighted by Gasteiger charge is 2.47. The Bertz CT molecular complexity index is 317. The number of ether oxygens (including phenoxy) is 2. The molecule has 0 heterocycles. The maximum absolute atomic E-state index is 12.6. The summed E-state index contributed by atoms with van der Waals surface area (Å²) in [4.78, 5) is 25.2. The van der Waals surface area contributed by atoms with Crippen molar-refractivity contribution in [2.24, 2.45) is 5.41 Å². The summed E-state index contributed by atoms with van der Waals surface area (Å²) in [5.74, 6) is -0.762. The first-order valence-corrected chi connectivity index (χ1v) is 9.52. The molecule has 1 fully saturated rings. The van der Waals surface area contributed by atoms with Crippen LogP contribution in [0.2, 0.25) is 0 Å². The Morgan fingerprint density at radius 1 is 0.652 bits per heavy atom. The van der Waals surface area contributed by atoms with Gasteiger partial charge in [0.05, 0.1) is 13.2 Å². The van der Waals surface area contributed by atoms with Crippen molar-refractivity contribution in [3.63, 3.8) is 0 Å². The number of carbonyl (C=O) groups excluding carboxylic acids is 2. The molecular formula is C19H34O4. The zero-order valence-corrected chi connectivity index (χ0v) is 15.0. The Kier molecular flexibility index (Phi) is 9.97. The average Bonchev–Trinajstić information content (AvgIpc) is 2.56. The third-order valence-electron chi connectivity index (χ3n) is 4.79. The molecule has 0 radical (unpaired) electrons. The third kappa shape index (κ3) is 6.52. The van der Waals surface area contributed by atoms with Crippen molar-refractivity contribution in [3.05, 3.63) is 0 Å². The molecular weight excluding hydrogens is 292 g/mol. The van der Waals surface area contributed by atoms with Gasteiger partial charge in [-0.2, -0.15) is 0 Å². The van der Waals surface area contributed by atoms with Gasteiger partial charge in [0.15, 0.2) is 5.41 Å². The fraction of sp³-hybridized carbons (Fsp3) is 0.895. The van der Waals surface area contributed by atoms with E-state index in [0.717, 1.165) is 25.7 Å². The maximum atomic E-state index is 12.6. The first-order chi connectivity index (χ1) is 11.2. The summed E-state index contributed by atoms with van der Waals surface area (Å²) in [6.07, 6.45) is 12.5. The average molecular weight is 326 g/mol. The highest BCUT2D eigenvalue weighted by atomic mass is 16.6. The van der Waals surface area contributed by atoms with E-state index < -0.39 is 5.41 Å². The van der Waals surface area contributed by atoms with Crippen LogP contribution < -0.4 is 0 Å². The van der Waals surface area contributed by atoms with Gasteiger partial charge < -0.3 is 9.47 Å². The van der Waals surface area contributed by atoms with Crippen LogP contribution in [0, 0.1) is 5.41 Å². The standard InChI is InChI=1S/C19H34O4/c1-3-22-17(20)19(18(21)23-4-2)15-13-11-9-7-5-6-8-10-12-14-16-19/h3-16H2,1-2H3. The van der Waals surface area contributed by atoms with Crippen molar-refractivity contribution < 1.29 is 19.1 Å². The summed E-state index contributed by atoms with van der Waals surface area (Å²) in [5, 5.41) is 0. The van der Waals surface area contributed by atoms with E-state index in [1.807, 2.05) is 0 Å².